The molecule has 0 aliphatic carbocycles. The van der Waals surface area contributed by atoms with Gasteiger partial charge in [-0.25, -0.2) is 9.97 Å². The summed E-state index contributed by atoms with van der Waals surface area (Å²) in [6, 6.07) is 17.8. The Balaban J connectivity index is 1.35. The van der Waals surface area contributed by atoms with E-state index in [-0.39, 0.29) is 12.3 Å². The third-order valence-corrected chi connectivity index (χ3v) is 5.83. The number of aromatic nitrogens is 2. The molecule has 0 aliphatic heterocycles. The third-order valence-electron chi connectivity index (χ3n) is 4.74. The summed E-state index contributed by atoms with van der Waals surface area (Å²) in [6.07, 6.45) is 1.52. The largest absolute Gasteiger partial charge is 0.486 e. The molecule has 0 unspecified atom stereocenters. The molecule has 9 heteroatoms. The highest BCUT2D eigenvalue weighted by Crippen LogP contribution is 2.19. The van der Waals surface area contributed by atoms with Gasteiger partial charge in [-0.3, -0.25) is 9.59 Å². The maximum absolute atomic E-state index is 12.7. The summed E-state index contributed by atoms with van der Waals surface area (Å²) in [5.74, 6) is 0.457. The number of para-hydroxylation sites is 1. The van der Waals surface area contributed by atoms with E-state index in [2.05, 4.69) is 20.6 Å². The van der Waals surface area contributed by atoms with E-state index in [1.807, 2.05) is 36.6 Å². The van der Waals surface area contributed by atoms with Crippen LogP contribution in [-0.4, -0.2) is 21.8 Å². The Hall–Kier alpha value is -3.75. The van der Waals surface area contributed by atoms with E-state index < -0.39 is 5.91 Å². The Morgan fingerprint density at radius 2 is 1.82 bits per heavy atom. The third kappa shape index (κ3) is 6.40. The molecule has 172 valence electrons. The topological polar surface area (TPSA) is 93.2 Å². The summed E-state index contributed by atoms with van der Waals surface area (Å²) < 4.78 is 5.75. The van der Waals surface area contributed by atoms with Crippen LogP contribution in [0.4, 0.5) is 11.5 Å². The lowest BCUT2D eigenvalue weighted by Gasteiger charge is -2.11. The molecule has 0 radical (unpaired) electrons. The number of amides is 2. The van der Waals surface area contributed by atoms with Crippen LogP contribution >= 0.6 is 22.9 Å². The van der Waals surface area contributed by atoms with Gasteiger partial charge in [-0.05, 0) is 43.3 Å². The maximum atomic E-state index is 12.7. The number of rotatable bonds is 8. The minimum absolute atomic E-state index is 0.0791. The van der Waals surface area contributed by atoms with E-state index in [0.717, 1.165) is 16.3 Å². The first-order valence-electron chi connectivity index (χ1n) is 10.4. The molecule has 34 heavy (non-hydrogen) atoms. The average Bonchev–Trinajstić information content (AvgIpc) is 3.27. The number of ether oxygens (including phenoxy) is 1. The normalized spacial score (nSPS) is 10.5. The number of carbonyl (C=O) groups is 2. The molecule has 0 spiro atoms. The van der Waals surface area contributed by atoms with Crippen LogP contribution in [0.5, 0.6) is 5.75 Å². The van der Waals surface area contributed by atoms with Crippen molar-refractivity contribution >= 4 is 46.3 Å². The summed E-state index contributed by atoms with van der Waals surface area (Å²) in [7, 11) is 0. The minimum atomic E-state index is -0.394. The van der Waals surface area contributed by atoms with Crippen molar-refractivity contribution in [1.29, 1.82) is 0 Å². The fraction of sp³-hybridized carbons (Fsp3) is 0.120. The first-order chi connectivity index (χ1) is 16.5. The van der Waals surface area contributed by atoms with Crippen molar-refractivity contribution in [3.63, 3.8) is 0 Å². The fourth-order valence-electron chi connectivity index (χ4n) is 3.06. The summed E-state index contributed by atoms with van der Waals surface area (Å²) in [6.45, 7) is 2.35. The van der Waals surface area contributed by atoms with Gasteiger partial charge in [0.25, 0.3) is 5.91 Å². The highest BCUT2D eigenvalue weighted by molar-refractivity contribution is 7.09. The number of benzene rings is 2. The second kappa shape index (κ2) is 10.9. The monoisotopic (exact) mass is 492 g/mol. The Morgan fingerprint density at radius 3 is 2.59 bits per heavy atom. The summed E-state index contributed by atoms with van der Waals surface area (Å²) in [5.41, 5.74) is 2.52. The Labute approximate surface area is 205 Å². The molecule has 2 heterocycles. The van der Waals surface area contributed by atoms with Crippen LogP contribution < -0.4 is 15.4 Å². The lowest BCUT2D eigenvalue weighted by Crippen LogP contribution is -2.19. The van der Waals surface area contributed by atoms with Crippen LogP contribution in [0.25, 0.3) is 0 Å². The van der Waals surface area contributed by atoms with Gasteiger partial charge < -0.3 is 15.4 Å². The van der Waals surface area contributed by atoms with Crippen molar-refractivity contribution in [2.24, 2.45) is 0 Å². The highest BCUT2D eigenvalue weighted by atomic mass is 35.5. The van der Waals surface area contributed by atoms with E-state index in [0.29, 0.717) is 34.4 Å². The zero-order valence-electron chi connectivity index (χ0n) is 18.2. The molecule has 4 aromatic rings. The predicted octanol–water partition coefficient (Wildman–Crippen LogP) is 5.51. The van der Waals surface area contributed by atoms with Crippen LogP contribution in [0.15, 0.2) is 72.2 Å². The Morgan fingerprint density at radius 1 is 1.03 bits per heavy atom. The van der Waals surface area contributed by atoms with Gasteiger partial charge in [-0.15, -0.1) is 11.3 Å². The summed E-state index contributed by atoms with van der Waals surface area (Å²) in [4.78, 5) is 33.9. The molecule has 7 nitrogen and oxygen atoms in total. The van der Waals surface area contributed by atoms with Gasteiger partial charge in [-0.2, -0.15) is 0 Å². The molecule has 0 atom stereocenters. The molecule has 0 saturated heterocycles. The first kappa shape index (κ1) is 23.4. The molecular weight excluding hydrogens is 472 g/mol. The molecule has 2 aromatic heterocycles. The van der Waals surface area contributed by atoms with Gasteiger partial charge in [0.15, 0.2) is 0 Å². The van der Waals surface area contributed by atoms with Crippen LogP contribution in [0.2, 0.25) is 5.02 Å². The van der Waals surface area contributed by atoms with E-state index in [9.17, 15) is 9.59 Å². The van der Waals surface area contributed by atoms with Crippen molar-refractivity contribution in [3.8, 4) is 5.75 Å². The lowest BCUT2D eigenvalue weighted by molar-refractivity contribution is -0.115. The lowest BCUT2D eigenvalue weighted by atomic mass is 10.1. The first-order valence-corrected chi connectivity index (χ1v) is 11.7. The highest BCUT2D eigenvalue weighted by Gasteiger charge is 2.15. The second-order valence-corrected chi connectivity index (χ2v) is 8.80. The van der Waals surface area contributed by atoms with Gasteiger partial charge in [0.05, 0.1) is 28.4 Å². The van der Waals surface area contributed by atoms with Crippen LogP contribution in [0.1, 0.15) is 26.6 Å². The zero-order valence-corrected chi connectivity index (χ0v) is 19.8. The smallest absolute Gasteiger partial charge is 0.258 e. The van der Waals surface area contributed by atoms with Crippen LogP contribution in [0.3, 0.4) is 0 Å². The van der Waals surface area contributed by atoms with Gasteiger partial charge in [-0.1, -0.05) is 41.4 Å². The fourth-order valence-corrected chi connectivity index (χ4v) is 3.88. The molecule has 0 fully saturated rings. The number of aryl methyl sites for hydroxylation is 1. The van der Waals surface area contributed by atoms with Gasteiger partial charge in [0, 0.05) is 11.6 Å². The Bertz CT molecular complexity index is 1290. The van der Waals surface area contributed by atoms with Crippen LogP contribution in [-0.2, 0) is 17.8 Å². The number of nitrogens with zero attached hydrogens (tertiary/aromatic N) is 2. The van der Waals surface area contributed by atoms with Crippen LogP contribution in [0, 0.1) is 6.92 Å². The number of hydrogen-bond acceptors (Lipinski definition) is 6. The van der Waals surface area contributed by atoms with Crippen molar-refractivity contribution in [2.75, 3.05) is 10.6 Å². The van der Waals surface area contributed by atoms with Gasteiger partial charge in [0.1, 0.15) is 23.2 Å². The standard InChI is InChI=1S/C25H21ClN4O3S/c1-16-6-9-19(10-7-16)33-14-24-28-18(15-34-24)12-23(31)29-21-5-3-2-4-20(21)25(32)30-22-11-8-17(26)13-27-22/h2-11,13,15H,12,14H2,1H3,(H,29,31)(H,27,30,32). The van der Waals surface area contributed by atoms with Gasteiger partial charge >= 0.3 is 0 Å². The molecule has 0 aliphatic rings. The van der Waals surface area contributed by atoms with E-state index >= 15 is 0 Å². The molecule has 0 bridgehead atoms. The summed E-state index contributed by atoms with van der Waals surface area (Å²) in [5, 5.41) is 8.58. The number of halogens is 1. The number of thiazole rings is 1. The summed E-state index contributed by atoms with van der Waals surface area (Å²) >= 11 is 7.27. The molecular formula is C25H21ClN4O3S. The zero-order chi connectivity index (χ0) is 23.9. The van der Waals surface area contributed by atoms with Crippen molar-refractivity contribution < 1.29 is 14.3 Å². The SMILES string of the molecule is Cc1ccc(OCc2nc(CC(=O)Nc3ccccc3C(=O)Nc3ccc(Cl)cn3)cs2)cc1. The van der Waals surface area contributed by atoms with Gasteiger partial charge in [0.2, 0.25) is 5.91 Å². The number of pyridine rings is 1. The van der Waals surface area contributed by atoms with Crippen molar-refractivity contribution in [2.45, 2.75) is 20.0 Å². The molecule has 2 amide bonds. The molecule has 2 N–H and O–H groups in total. The van der Waals surface area contributed by atoms with Crippen molar-refractivity contribution in [1.82, 2.24) is 9.97 Å². The Kier molecular flexibility index (Phi) is 7.51. The number of carbonyl (C=O) groups excluding carboxylic acids is 2. The van der Waals surface area contributed by atoms with E-state index in [1.54, 1.807) is 36.4 Å². The number of anilines is 2. The quantitative estimate of drug-likeness (QED) is 0.338. The molecule has 2 aromatic carbocycles. The molecule has 4 rings (SSSR count). The van der Waals surface area contributed by atoms with Crippen molar-refractivity contribution in [3.05, 3.63) is 99.1 Å². The average molecular weight is 493 g/mol. The maximum Gasteiger partial charge on any atom is 0.258 e. The second-order valence-electron chi connectivity index (χ2n) is 7.42. The minimum Gasteiger partial charge on any atom is -0.486 e. The number of nitrogens with one attached hydrogen (secondary N) is 2. The molecule has 0 saturated carbocycles. The van der Waals surface area contributed by atoms with E-state index in [1.165, 1.54) is 17.5 Å². The predicted molar refractivity (Wildman–Crippen MR) is 134 cm³/mol. The number of hydrogen-bond donors (Lipinski definition) is 2. The van der Waals surface area contributed by atoms with E-state index in [4.69, 9.17) is 16.3 Å².